The Kier molecular flexibility index (Phi) is 2.22. The van der Waals surface area contributed by atoms with Gasteiger partial charge in [0.1, 0.15) is 0 Å². The molecule has 1 saturated carbocycles. The van der Waals surface area contributed by atoms with Crippen molar-refractivity contribution in [2.24, 2.45) is 5.92 Å². The average molecular weight is 172 g/mol. The molecule has 1 fully saturated rings. The van der Waals surface area contributed by atoms with Crippen molar-refractivity contribution in [2.45, 2.75) is 25.7 Å². The van der Waals surface area contributed by atoms with Gasteiger partial charge in [-0.3, -0.25) is 0 Å². The van der Waals surface area contributed by atoms with Crippen LogP contribution >= 0.6 is 0 Å². The molecule has 0 amide bonds. The van der Waals surface area contributed by atoms with E-state index in [0.29, 0.717) is 11.8 Å². The standard InChI is InChI=1S/C13H16/c1-10-8-9-13(11(10)2)12-6-4-3-5-7-12/h3-7,10,13H,2,8-9H2,1H3. The quantitative estimate of drug-likeness (QED) is 0.566. The van der Waals surface area contributed by atoms with Crippen molar-refractivity contribution in [1.29, 1.82) is 0 Å². The second kappa shape index (κ2) is 3.37. The molecule has 68 valence electrons. The molecule has 0 aliphatic heterocycles. The van der Waals surface area contributed by atoms with Crippen LogP contribution in [0.1, 0.15) is 31.2 Å². The fraction of sp³-hybridized carbons (Fsp3) is 0.385. The van der Waals surface area contributed by atoms with Gasteiger partial charge in [0, 0.05) is 5.92 Å². The molecule has 1 aliphatic carbocycles. The molecule has 1 aromatic carbocycles. The molecule has 0 nitrogen and oxygen atoms in total. The van der Waals surface area contributed by atoms with Crippen LogP contribution in [0.15, 0.2) is 42.5 Å². The maximum atomic E-state index is 4.19. The number of hydrogen-bond donors (Lipinski definition) is 0. The van der Waals surface area contributed by atoms with E-state index < -0.39 is 0 Å². The van der Waals surface area contributed by atoms with E-state index in [4.69, 9.17) is 0 Å². The van der Waals surface area contributed by atoms with Crippen molar-refractivity contribution in [2.75, 3.05) is 0 Å². The maximum absolute atomic E-state index is 4.19. The predicted octanol–water partition coefficient (Wildman–Crippen LogP) is 3.76. The van der Waals surface area contributed by atoms with Crippen LogP contribution in [0.4, 0.5) is 0 Å². The zero-order valence-corrected chi connectivity index (χ0v) is 8.16. The first-order chi connectivity index (χ1) is 6.29. The van der Waals surface area contributed by atoms with Gasteiger partial charge in [-0.05, 0) is 24.3 Å². The molecule has 0 N–H and O–H groups in total. The Labute approximate surface area is 80.3 Å². The summed E-state index contributed by atoms with van der Waals surface area (Å²) in [7, 11) is 0. The van der Waals surface area contributed by atoms with Gasteiger partial charge in [0.2, 0.25) is 0 Å². The van der Waals surface area contributed by atoms with Crippen molar-refractivity contribution in [3.05, 3.63) is 48.0 Å². The summed E-state index contributed by atoms with van der Waals surface area (Å²) in [5, 5.41) is 0. The van der Waals surface area contributed by atoms with E-state index >= 15 is 0 Å². The highest BCUT2D eigenvalue weighted by Crippen LogP contribution is 2.41. The van der Waals surface area contributed by atoms with Crippen molar-refractivity contribution in [3.63, 3.8) is 0 Å². The molecule has 0 bridgehead atoms. The zero-order chi connectivity index (χ0) is 9.26. The van der Waals surface area contributed by atoms with E-state index in [0.717, 1.165) is 0 Å². The monoisotopic (exact) mass is 172 g/mol. The molecule has 1 aliphatic rings. The second-order valence-corrected chi connectivity index (χ2v) is 4.02. The van der Waals surface area contributed by atoms with E-state index in [-0.39, 0.29) is 0 Å². The summed E-state index contributed by atoms with van der Waals surface area (Å²) in [4.78, 5) is 0. The number of benzene rings is 1. The Morgan fingerprint density at radius 2 is 1.85 bits per heavy atom. The molecule has 0 radical (unpaired) electrons. The van der Waals surface area contributed by atoms with Gasteiger partial charge >= 0.3 is 0 Å². The SMILES string of the molecule is C=C1C(C)CCC1c1ccccc1. The normalized spacial score (nSPS) is 27.9. The van der Waals surface area contributed by atoms with Crippen molar-refractivity contribution < 1.29 is 0 Å². The lowest BCUT2D eigenvalue weighted by Crippen LogP contribution is -1.96. The van der Waals surface area contributed by atoms with Gasteiger partial charge in [0.15, 0.2) is 0 Å². The van der Waals surface area contributed by atoms with Gasteiger partial charge < -0.3 is 0 Å². The van der Waals surface area contributed by atoms with Gasteiger partial charge in [-0.2, -0.15) is 0 Å². The molecule has 2 atom stereocenters. The summed E-state index contributed by atoms with van der Waals surface area (Å²) in [6.45, 7) is 6.48. The lowest BCUT2D eigenvalue weighted by atomic mass is 9.93. The van der Waals surface area contributed by atoms with Crippen molar-refractivity contribution in [1.82, 2.24) is 0 Å². The van der Waals surface area contributed by atoms with Gasteiger partial charge in [0.05, 0.1) is 0 Å². The van der Waals surface area contributed by atoms with Gasteiger partial charge in [-0.25, -0.2) is 0 Å². The van der Waals surface area contributed by atoms with Gasteiger partial charge in [0.25, 0.3) is 0 Å². The van der Waals surface area contributed by atoms with Crippen LogP contribution in [-0.2, 0) is 0 Å². The third-order valence-corrected chi connectivity index (χ3v) is 3.17. The van der Waals surface area contributed by atoms with Crippen LogP contribution in [0.25, 0.3) is 0 Å². The molecule has 2 rings (SSSR count). The van der Waals surface area contributed by atoms with Crippen LogP contribution in [0.3, 0.4) is 0 Å². The largest absolute Gasteiger partial charge is 0.0990 e. The molecule has 1 aromatic rings. The third kappa shape index (κ3) is 1.53. The lowest BCUT2D eigenvalue weighted by molar-refractivity contribution is 0.694. The maximum Gasteiger partial charge on any atom is 0.00483 e. The van der Waals surface area contributed by atoms with Crippen LogP contribution in [0, 0.1) is 5.92 Å². The first kappa shape index (κ1) is 8.55. The molecule has 0 saturated heterocycles. The summed E-state index contributed by atoms with van der Waals surface area (Å²) in [5.41, 5.74) is 2.86. The van der Waals surface area contributed by atoms with Gasteiger partial charge in [-0.15, -0.1) is 0 Å². The molecule has 2 unspecified atom stereocenters. The molecule has 0 heteroatoms. The minimum Gasteiger partial charge on any atom is -0.0990 e. The minimum atomic E-state index is 0.621. The molecule has 0 heterocycles. The lowest BCUT2D eigenvalue weighted by Gasteiger charge is -2.12. The second-order valence-electron chi connectivity index (χ2n) is 4.02. The van der Waals surface area contributed by atoms with E-state index in [1.54, 1.807) is 0 Å². The fourth-order valence-electron chi connectivity index (χ4n) is 2.20. The van der Waals surface area contributed by atoms with E-state index in [1.807, 2.05) is 0 Å². The first-order valence-electron chi connectivity index (χ1n) is 5.02. The van der Waals surface area contributed by atoms with Crippen LogP contribution in [0.5, 0.6) is 0 Å². The summed E-state index contributed by atoms with van der Waals surface area (Å²) in [6, 6.07) is 10.7. The Morgan fingerprint density at radius 1 is 1.15 bits per heavy atom. The molecule has 0 spiro atoms. The van der Waals surface area contributed by atoms with E-state index in [9.17, 15) is 0 Å². The van der Waals surface area contributed by atoms with Crippen LogP contribution in [0.2, 0.25) is 0 Å². The third-order valence-electron chi connectivity index (χ3n) is 3.17. The summed E-state index contributed by atoms with van der Waals surface area (Å²) < 4.78 is 0. The van der Waals surface area contributed by atoms with Gasteiger partial charge in [-0.1, -0.05) is 49.4 Å². The Hall–Kier alpha value is -1.04. The first-order valence-corrected chi connectivity index (χ1v) is 5.02. The Balaban J connectivity index is 2.24. The molecule has 13 heavy (non-hydrogen) atoms. The topological polar surface area (TPSA) is 0 Å². The number of hydrogen-bond acceptors (Lipinski definition) is 0. The van der Waals surface area contributed by atoms with E-state index in [1.165, 1.54) is 24.0 Å². The summed E-state index contributed by atoms with van der Waals surface area (Å²) >= 11 is 0. The predicted molar refractivity (Wildman–Crippen MR) is 56.7 cm³/mol. The Bertz CT molecular complexity index is 297. The Morgan fingerprint density at radius 3 is 2.38 bits per heavy atom. The minimum absolute atomic E-state index is 0.621. The highest BCUT2D eigenvalue weighted by atomic mass is 14.3. The number of rotatable bonds is 1. The molecular formula is C13H16. The van der Waals surface area contributed by atoms with E-state index in [2.05, 4.69) is 43.8 Å². The summed E-state index contributed by atoms with van der Waals surface area (Å²) in [5.74, 6) is 1.33. The van der Waals surface area contributed by atoms with Crippen molar-refractivity contribution >= 4 is 0 Å². The average Bonchev–Trinajstić information content (AvgIpc) is 2.49. The van der Waals surface area contributed by atoms with Crippen molar-refractivity contribution in [3.8, 4) is 0 Å². The molecule has 0 aromatic heterocycles. The smallest absolute Gasteiger partial charge is 0.00483 e. The molecular weight excluding hydrogens is 156 g/mol. The highest BCUT2D eigenvalue weighted by molar-refractivity contribution is 5.30. The number of allylic oxidation sites excluding steroid dienone is 1. The van der Waals surface area contributed by atoms with Crippen LogP contribution < -0.4 is 0 Å². The highest BCUT2D eigenvalue weighted by Gasteiger charge is 2.26. The zero-order valence-electron chi connectivity index (χ0n) is 8.16. The van der Waals surface area contributed by atoms with Crippen LogP contribution in [-0.4, -0.2) is 0 Å². The summed E-state index contributed by atoms with van der Waals surface area (Å²) in [6.07, 6.45) is 2.59. The fourth-order valence-corrected chi connectivity index (χ4v) is 2.20.